The minimum Gasteiger partial charge on any atom is -0.352 e. The van der Waals surface area contributed by atoms with E-state index in [9.17, 15) is 18.0 Å². The van der Waals surface area contributed by atoms with Crippen molar-refractivity contribution in [1.82, 2.24) is 10.2 Å². The summed E-state index contributed by atoms with van der Waals surface area (Å²) < 4.78 is 29.0. The molecule has 9 heteroatoms. The Morgan fingerprint density at radius 2 is 1.40 bits per heavy atom. The van der Waals surface area contributed by atoms with Crippen molar-refractivity contribution in [2.24, 2.45) is 0 Å². The summed E-state index contributed by atoms with van der Waals surface area (Å²) in [5.41, 5.74) is 1.92. The van der Waals surface area contributed by atoms with Gasteiger partial charge in [-0.15, -0.1) is 0 Å². The van der Waals surface area contributed by atoms with Gasteiger partial charge in [0, 0.05) is 24.0 Å². The second kappa shape index (κ2) is 14.8. The number of sulfonamides is 1. The van der Waals surface area contributed by atoms with Gasteiger partial charge < -0.3 is 10.2 Å². The third-order valence-corrected chi connectivity index (χ3v) is 9.19. The van der Waals surface area contributed by atoms with Gasteiger partial charge in [-0.05, 0) is 60.9 Å². The molecule has 2 amide bonds. The summed E-state index contributed by atoms with van der Waals surface area (Å²) in [7, 11) is -4.13. The second-order valence-corrected chi connectivity index (χ2v) is 12.6. The number of amides is 2. The molecule has 7 nitrogen and oxygen atoms in total. The molecule has 0 aliphatic heterocycles. The van der Waals surface area contributed by atoms with Crippen molar-refractivity contribution < 1.29 is 18.0 Å². The average Bonchev–Trinajstić information content (AvgIpc) is 3.02. The average molecular weight is 618 g/mol. The second-order valence-electron chi connectivity index (χ2n) is 10.3. The fraction of sp³-hybridized carbons (Fsp3) is 0.235. The number of hydrogen-bond donors (Lipinski definition) is 1. The zero-order valence-corrected chi connectivity index (χ0v) is 25.8. The Morgan fingerprint density at radius 1 is 0.814 bits per heavy atom. The molecule has 2 unspecified atom stereocenters. The standard InChI is InChI=1S/C34H36ClN3O4S/c1-3-26(2)36-34(40)32(23-27-14-7-4-8-15-27)37(24-28-16-13-17-29(35)22-28)33(39)25-38(30-18-9-5-10-19-30)43(41,42)31-20-11-6-12-21-31/h4-22,26,32H,3,23-25H2,1-2H3,(H,36,40). The topological polar surface area (TPSA) is 86.8 Å². The summed E-state index contributed by atoms with van der Waals surface area (Å²) in [6.45, 7) is 3.42. The molecule has 224 valence electrons. The van der Waals surface area contributed by atoms with Crippen LogP contribution in [0.3, 0.4) is 0 Å². The molecule has 0 heterocycles. The van der Waals surface area contributed by atoms with Crippen LogP contribution in [0.5, 0.6) is 0 Å². The number of hydrogen-bond acceptors (Lipinski definition) is 4. The van der Waals surface area contributed by atoms with Crippen LogP contribution in [-0.2, 0) is 32.6 Å². The fourth-order valence-corrected chi connectivity index (χ4v) is 6.32. The van der Waals surface area contributed by atoms with E-state index >= 15 is 0 Å². The summed E-state index contributed by atoms with van der Waals surface area (Å²) in [5, 5.41) is 3.52. The SMILES string of the molecule is CCC(C)NC(=O)C(Cc1ccccc1)N(Cc1cccc(Cl)c1)C(=O)CN(c1ccccc1)S(=O)(=O)c1ccccc1. The summed E-state index contributed by atoms with van der Waals surface area (Å²) in [5.74, 6) is -0.839. The van der Waals surface area contributed by atoms with E-state index in [1.807, 2.05) is 50.2 Å². The van der Waals surface area contributed by atoms with Gasteiger partial charge in [-0.25, -0.2) is 8.42 Å². The van der Waals surface area contributed by atoms with Crippen LogP contribution < -0.4 is 9.62 Å². The van der Waals surface area contributed by atoms with E-state index in [1.165, 1.54) is 17.0 Å². The van der Waals surface area contributed by atoms with Crippen LogP contribution in [0.15, 0.2) is 120 Å². The van der Waals surface area contributed by atoms with Gasteiger partial charge in [-0.2, -0.15) is 0 Å². The lowest BCUT2D eigenvalue weighted by Gasteiger charge is -2.34. The number of halogens is 1. The van der Waals surface area contributed by atoms with Gasteiger partial charge in [0.05, 0.1) is 10.6 Å². The Morgan fingerprint density at radius 3 is 2.00 bits per heavy atom. The zero-order valence-electron chi connectivity index (χ0n) is 24.3. The summed E-state index contributed by atoms with van der Waals surface area (Å²) >= 11 is 6.29. The first-order valence-electron chi connectivity index (χ1n) is 14.2. The molecule has 0 bridgehead atoms. The van der Waals surface area contributed by atoms with E-state index < -0.39 is 28.5 Å². The number of nitrogens with one attached hydrogen (secondary N) is 1. The molecule has 0 aliphatic carbocycles. The summed E-state index contributed by atoms with van der Waals surface area (Å²) in [6.07, 6.45) is 0.954. The normalized spacial score (nSPS) is 12.6. The molecule has 0 spiro atoms. The minimum absolute atomic E-state index is 0.0544. The predicted molar refractivity (Wildman–Crippen MR) is 171 cm³/mol. The first kappa shape index (κ1) is 31.8. The number of rotatable bonds is 13. The van der Waals surface area contributed by atoms with E-state index in [4.69, 9.17) is 11.6 Å². The van der Waals surface area contributed by atoms with Crippen molar-refractivity contribution in [1.29, 1.82) is 0 Å². The third-order valence-electron chi connectivity index (χ3n) is 7.17. The first-order valence-corrected chi connectivity index (χ1v) is 16.0. The van der Waals surface area contributed by atoms with Crippen LogP contribution in [0.25, 0.3) is 0 Å². The van der Waals surface area contributed by atoms with Crippen LogP contribution in [0.2, 0.25) is 5.02 Å². The van der Waals surface area contributed by atoms with Crippen molar-refractivity contribution in [2.75, 3.05) is 10.8 Å². The van der Waals surface area contributed by atoms with E-state index in [2.05, 4.69) is 5.32 Å². The maximum Gasteiger partial charge on any atom is 0.264 e. The van der Waals surface area contributed by atoms with Crippen molar-refractivity contribution in [2.45, 2.75) is 50.2 Å². The lowest BCUT2D eigenvalue weighted by atomic mass is 10.0. The Hall–Kier alpha value is -4.14. The largest absolute Gasteiger partial charge is 0.352 e. The number of nitrogens with zero attached hydrogens (tertiary/aromatic N) is 2. The highest BCUT2D eigenvalue weighted by atomic mass is 35.5. The molecule has 0 saturated heterocycles. The lowest BCUT2D eigenvalue weighted by molar-refractivity contribution is -0.140. The van der Waals surface area contributed by atoms with Crippen molar-refractivity contribution in [3.63, 3.8) is 0 Å². The maximum atomic E-state index is 14.4. The van der Waals surface area contributed by atoms with Gasteiger partial charge in [0.1, 0.15) is 12.6 Å². The molecule has 4 aromatic rings. The lowest BCUT2D eigenvalue weighted by Crippen LogP contribution is -2.54. The Labute approximate surface area is 259 Å². The van der Waals surface area contributed by atoms with Crippen LogP contribution in [0, 0.1) is 0 Å². The maximum absolute atomic E-state index is 14.4. The fourth-order valence-electron chi connectivity index (χ4n) is 4.67. The van der Waals surface area contributed by atoms with Crippen molar-refractivity contribution in [3.05, 3.63) is 131 Å². The van der Waals surface area contributed by atoms with Gasteiger partial charge >= 0.3 is 0 Å². The van der Waals surface area contributed by atoms with Crippen LogP contribution in [-0.4, -0.2) is 43.8 Å². The quantitative estimate of drug-likeness (QED) is 0.197. The van der Waals surface area contributed by atoms with Crippen molar-refractivity contribution in [3.8, 4) is 0 Å². The molecule has 43 heavy (non-hydrogen) atoms. The summed E-state index contributed by atoms with van der Waals surface area (Å²) in [4.78, 5) is 29.7. The minimum atomic E-state index is -4.13. The van der Waals surface area contributed by atoms with Crippen LogP contribution in [0.4, 0.5) is 5.69 Å². The highest BCUT2D eigenvalue weighted by molar-refractivity contribution is 7.92. The van der Waals surface area contributed by atoms with E-state index in [-0.39, 0.29) is 29.8 Å². The van der Waals surface area contributed by atoms with E-state index in [0.717, 1.165) is 9.87 Å². The molecule has 0 saturated carbocycles. The molecule has 2 atom stereocenters. The third kappa shape index (κ3) is 8.46. The van der Waals surface area contributed by atoms with E-state index in [1.54, 1.807) is 66.7 Å². The van der Waals surface area contributed by atoms with Gasteiger partial charge in [-0.3, -0.25) is 13.9 Å². The number of benzene rings is 4. The van der Waals surface area contributed by atoms with Crippen molar-refractivity contribution >= 4 is 39.1 Å². The van der Waals surface area contributed by atoms with Gasteiger partial charge in [0.2, 0.25) is 11.8 Å². The zero-order chi connectivity index (χ0) is 30.8. The number of anilines is 1. The highest BCUT2D eigenvalue weighted by Gasteiger charge is 2.34. The smallest absolute Gasteiger partial charge is 0.264 e. The molecular formula is C34H36ClN3O4S. The molecule has 0 fully saturated rings. The molecular weight excluding hydrogens is 582 g/mol. The number of carbonyl (C=O) groups is 2. The van der Waals surface area contributed by atoms with Gasteiger partial charge in [-0.1, -0.05) is 97.4 Å². The molecule has 0 aliphatic rings. The predicted octanol–water partition coefficient (Wildman–Crippen LogP) is 6.09. The van der Waals surface area contributed by atoms with Crippen LogP contribution >= 0.6 is 11.6 Å². The Kier molecular flexibility index (Phi) is 11.0. The van der Waals surface area contributed by atoms with Crippen LogP contribution in [0.1, 0.15) is 31.4 Å². The molecule has 0 aromatic heterocycles. The summed E-state index contributed by atoms with van der Waals surface area (Å²) in [6, 6.07) is 32.0. The highest BCUT2D eigenvalue weighted by Crippen LogP contribution is 2.25. The number of carbonyl (C=O) groups excluding carboxylic acids is 2. The number of para-hydroxylation sites is 1. The molecule has 4 aromatic carbocycles. The Bertz CT molecular complexity index is 1600. The van der Waals surface area contributed by atoms with Gasteiger partial charge in [0.15, 0.2) is 0 Å². The Balaban J connectivity index is 1.79. The molecule has 1 N–H and O–H groups in total. The first-order chi connectivity index (χ1) is 20.7. The molecule has 4 rings (SSSR count). The van der Waals surface area contributed by atoms with Gasteiger partial charge in [0.25, 0.3) is 10.0 Å². The molecule has 0 radical (unpaired) electrons. The van der Waals surface area contributed by atoms with E-state index in [0.29, 0.717) is 22.7 Å². The monoisotopic (exact) mass is 617 g/mol.